The number of anilines is 1. The Balaban J connectivity index is -0.000000601. The molecule has 0 heterocycles. The molecule has 0 aromatic heterocycles. The van der Waals surface area contributed by atoms with Gasteiger partial charge in [0.15, 0.2) is 0 Å². The molecule has 0 amide bonds. The van der Waals surface area contributed by atoms with Crippen LogP contribution in [-0.4, -0.2) is 110 Å². The lowest BCUT2D eigenvalue weighted by atomic mass is 10.1. The van der Waals surface area contributed by atoms with E-state index in [1.54, 1.807) is 39.5 Å². The van der Waals surface area contributed by atoms with Crippen LogP contribution >= 0.6 is 180 Å². The number of benzene rings is 3. The largest absolute Gasteiger partial charge is 0.481 e. The van der Waals surface area contributed by atoms with E-state index in [4.69, 9.17) is 110 Å². The number of unbranched alkanes of at least 4 members (excludes halogenated alkanes) is 18. The molecule has 0 bridgehead atoms. The molecule has 0 aliphatic carbocycles. The zero-order valence-electron chi connectivity index (χ0n) is 65.3. The van der Waals surface area contributed by atoms with E-state index in [2.05, 4.69) is 56.4 Å². The van der Waals surface area contributed by atoms with Crippen molar-refractivity contribution in [1.29, 1.82) is 31.6 Å². The molecule has 108 heavy (non-hydrogen) atoms. The quantitative estimate of drug-likeness (QED) is 0.0354. The molecule has 3 rings (SSSR count). The predicted molar refractivity (Wildman–Crippen MR) is 503 cm³/mol. The SMILES string of the molecule is CC(=S)SC(C)(C)C#N.CC(=S)SCC#N.CC(C#N)(CCC(=O)O)SC(=S)c1ccccc1.CC(C)(C#N)SC(=S)c1ccccc1.CCCCCCCCCCCCC(=S)SC(C)(C#N)CCC(=O)O.CCCCCCCCCCCCSC(=S)SC(C)(C)C(=O)O.CN(C(=S)SCC#N)c1ccccc1. The van der Waals surface area contributed by atoms with Crippen molar-refractivity contribution in [1.82, 2.24) is 0 Å². The number of carbonyl (C=O) groups is 3. The molecule has 0 spiro atoms. The van der Waals surface area contributed by atoms with Crippen molar-refractivity contribution in [2.75, 3.05) is 29.2 Å². The Hall–Kier alpha value is -3.76. The lowest BCUT2D eigenvalue weighted by Crippen LogP contribution is -2.28. The molecule has 0 aliphatic rings. The molecule has 13 nitrogen and oxygen atoms in total. The highest BCUT2D eigenvalue weighted by molar-refractivity contribution is 8.47. The summed E-state index contributed by atoms with van der Waals surface area (Å²) in [5, 5.41) is 78.7. The standard InChI is InChI=1S/C19H33NO2S2.C17H32O2S3.C13H13NO2S2.C11H11NS2.C10H10N2S2.C6H9NS2.C4H5NS2/c1-3-4-5-6-7-8-9-10-11-12-13-18(23)24-19(2,16-20)15-14-17(21)22;1-4-5-6-7-8-9-10-11-12-13-14-21-16(20)22-17(2,3)15(18)19;1-13(9-14,8-7-11(15)16)18-12(17)10-5-3-2-4-6-10;1-11(2,8-12)14-10(13)9-6-4-3-5-7-9;1-12(10(13)14-8-7-11)9-5-3-2-4-6-9;1-5(8)9-6(2,3)4-7;1-4(6)7-3-2-5/h3-15H2,1-2H3,(H,21,22);4-14H2,1-3H3,(H,18,19);2-6H,7-8H2,1H3,(H,15,16);3-7H,1-2H3;2-6H,8H2,1H3;1-3H3;3H2,1H3. The average molecular weight is 1750 g/mol. The Morgan fingerprint density at radius 1 is 0.426 bits per heavy atom. The van der Waals surface area contributed by atoms with Crippen molar-refractivity contribution in [2.24, 2.45) is 0 Å². The first kappa shape index (κ1) is 111. The number of hydrogen-bond acceptors (Lipinski definition) is 24. The summed E-state index contributed by atoms with van der Waals surface area (Å²) in [5.41, 5.74) is 2.94. The van der Waals surface area contributed by atoms with Gasteiger partial charge in [0.25, 0.3) is 0 Å². The lowest BCUT2D eigenvalue weighted by molar-refractivity contribution is -0.139. The van der Waals surface area contributed by atoms with Crippen LogP contribution in [0.25, 0.3) is 0 Å². The number of thioether (sulfide) groups is 8. The second kappa shape index (κ2) is 68.8. The van der Waals surface area contributed by atoms with E-state index >= 15 is 0 Å². The highest BCUT2D eigenvalue weighted by Crippen LogP contribution is 2.35. The maximum absolute atomic E-state index is 11.0. The Kier molecular flexibility index (Phi) is 70.4. The molecule has 3 N–H and O–H groups in total. The monoisotopic (exact) mass is 1750 g/mol. The third kappa shape index (κ3) is 67.9. The van der Waals surface area contributed by atoms with Crippen LogP contribution < -0.4 is 4.90 Å². The van der Waals surface area contributed by atoms with Gasteiger partial charge in [-0.2, -0.15) is 31.6 Å². The summed E-state index contributed by atoms with van der Waals surface area (Å²) in [6, 6.07) is 41.8. The fourth-order valence-electron chi connectivity index (χ4n) is 8.23. The second-order valence-electron chi connectivity index (χ2n) is 26.0. The van der Waals surface area contributed by atoms with Crippen LogP contribution in [0.5, 0.6) is 0 Å². The molecule has 2 atom stereocenters. The van der Waals surface area contributed by atoms with Gasteiger partial charge in [0.05, 0.1) is 56.3 Å². The first-order valence-corrected chi connectivity index (χ1v) is 45.7. The van der Waals surface area contributed by atoms with Crippen LogP contribution in [0.3, 0.4) is 0 Å². The average Bonchev–Trinajstić information content (AvgIpc) is 0.888. The molecule has 28 heteroatoms. The van der Waals surface area contributed by atoms with Crippen LogP contribution in [0, 0.1) is 68.0 Å². The molecule has 0 fully saturated rings. The van der Waals surface area contributed by atoms with Gasteiger partial charge in [0, 0.05) is 38.2 Å². The highest BCUT2D eigenvalue weighted by Gasteiger charge is 2.31. The Morgan fingerprint density at radius 2 is 0.787 bits per heavy atom. The van der Waals surface area contributed by atoms with Crippen molar-refractivity contribution >= 4 is 232 Å². The minimum Gasteiger partial charge on any atom is -0.481 e. The molecule has 3 aromatic carbocycles. The number of hydrogen-bond donors (Lipinski definition) is 3. The molecule has 0 saturated carbocycles. The van der Waals surface area contributed by atoms with Crippen LogP contribution in [0.4, 0.5) is 5.69 Å². The summed E-state index contributed by atoms with van der Waals surface area (Å²) in [6.07, 6.45) is 27.7. The first-order chi connectivity index (χ1) is 50.8. The van der Waals surface area contributed by atoms with Crippen LogP contribution in [0.2, 0.25) is 0 Å². The first-order valence-electron chi connectivity index (χ1n) is 35.8. The normalized spacial score (nSPS) is 11.4. The number of aliphatic carboxylic acids is 3. The topological polar surface area (TPSA) is 258 Å². The van der Waals surface area contributed by atoms with Crippen molar-refractivity contribution < 1.29 is 29.7 Å². The molecule has 0 saturated heterocycles. The number of para-hydroxylation sites is 1. The molecule has 0 aliphatic heterocycles. The lowest BCUT2D eigenvalue weighted by Gasteiger charge is -2.20. The van der Waals surface area contributed by atoms with Gasteiger partial charge in [-0.3, -0.25) is 14.4 Å². The zero-order chi connectivity index (χ0) is 82.9. The molecule has 594 valence electrons. The number of thiocarbonyl (C=S) groups is 7. The van der Waals surface area contributed by atoms with Crippen molar-refractivity contribution in [2.45, 2.75) is 267 Å². The van der Waals surface area contributed by atoms with Crippen LogP contribution in [-0.2, 0) is 14.4 Å². The van der Waals surface area contributed by atoms with Crippen molar-refractivity contribution in [3.63, 3.8) is 0 Å². The summed E-state index contributed by atoms with van der Waals surface area (Å²) >= 11 is 47.0. The summed E-state index contributed by atoms with van der Waals surface area (Å²) in [4.78, 5) is 34.2. The van der Waals surface area contributed by atoms with Gasteiger partial charge < -0.3 is 20.2 Å². The third-order valence-electron chi connectivity index (χ3n) is 14.4. The Labute approximate surface area is 721 Å². The van der Waals surface area contributed by atoms with Gasteiger partial charge in [-0.1, -0.05) is 364 Å². The smallest absolute Gasteiger partial charge is 0.319 e. The summed E-state index contributed by atoms with van der Waals surface area (Å²) < 4.78 is 2.22. The van der Waals surface area contributed by atoms with Gasteiger partial charge in [0.2, 0.25) is 0 Å². The number of carboxylic acid groups (broad SMARTS) is 3. The second-order valence-corrected chi connectivity index (χ2v) is 43.1. The van der Waals surface area contributed by atoms with Gasteiger partial charge in [0.1, 0.15) is 31.6 Å². The van der Waals surface area contributed by atoms with Crippen molar-refractivity contribution in [3.05, 3.63) is 102 Å². The van der Waals surface area contributed by atoms with E-state index in [1.165, 1.54) is 204 Å². The van der Waals surface area contributed by atoms with Gasteiger partial charge in [-0.05, 0) is 130 Å². The van der Waals surface area contributed by atoms with Crippen molar-refractivity contribution in [3.8, 4) is 36.4 Å². The molecule has 3 aromatic rings. The fourth-order valence-corrected chi connectivity index (χ4v) is 18.7. The fraction of sp³-hybridized carbons (Fsp3) is 0.575. The van der Waals surface area contributed by atoms with E-state index in [9.17, 15) is 24.9 Å². The number of nitriles is 6. The van der Waals surface area contributed by atoms with Gasteiger partial charge in [-0.15, -0.1) is 23.5 Å². The highest BCUT2D eigenvalue weighted by atomic mass is 32.2. The summed E-state index contributed by atoms with van der Waals surface area (Å²) in [6.45, 7) is 22.5. The molecular formula is C80H113N7O6S15. The van der Waals surface area contributed by atoms with E-state index in [1.807, 2.05) is 151 Å². The molecule has 2 unspecified atom stereocenters. The zero-order valence-corrected chi connectivity index (χ0v) is 77.5. The van der Waals surface area contributed by atoms with Gasteiger partial charge in [-0.25, -0.2) is 0 Å². The maximum Gasteiger partial charge on any atom is 0.319 e. The minimum atomic E-state index is -0.900. The van der Waals surface area contributed by atoms with Crippen LogP contribution in [0.1, 0.15) is 255 Å². The summed E-state index contributed by atoms with van der Waals surface area (Å²) in [5.74, 6) is -0.677. The van der Waals surface area contributed by atoms with Gasteiger partial charge >= 0.3 is 17.9 Å². The predicted octanol–water partition coefficient (Wildman–Crippen LogP) is 26.3. The number of rotatable bonds is 39. The Morgan fingerprint density at radius 3 is 1.13 bits per heavy atom. The number of nitrogens with zero attached hydrogens (tertiary/aromatic N) is 7. The van der Waals surface area contributed by atoms with E-state index in [0.717, 1.165) is 60.0 Å². The summed E-state index contributed by atoms with van der Waals surface area (Å²) in [7, 11) is 1.90. The molecular weight excluding hydrogens is 1640 g/mol. The van der Waals surface area contributed by atoms with E-state index in [0.29, 0.717) is 22.1 Å². The minimum absolute atomic E-state index is 0.0118. The Bertz CT molecular complexity index is 3380. The van der Waals surface area contributed by atoms with E-state index in [-0.39, 0.29) is 24.0 Å². The third-order valence-corrected chi connectivity index (χ3v) is 25.6. The van der Waals surface area contributed by atoms with E-state index < -0.39 is 36.9 Å². The van der Waals surface area contributed by atoms with Crippen LogP contribution in [0.15, 0.2) is 91.0 Å². The molecule has 0 radical (unpaired) electrons. The maximum atomic E-state index is 11.0. The number of carboxylic acids is 3.